The fourth-order valence-corrected chi connectivity index (χ4v) is 6.80. The number of hydrogen-bond donors (Lipinski definition) is 1. The van der Waals surface area contributed by atoms with Crippen LogP contribution in [0.5, 0.6) is 0 Å². The summed E-state index contributed by atoms with van der Waals surface area (Å²) in [7, 11) is -2.47. The molecule has 1 heterocycles. The van der Waals surface area contributed by atoms with Crippen molar-refractivity contribution in [1.82, 2.24) is 0 Å². The van der Waals surface area contributed by atoms with Gasteiger partial charge in [0, 0.05) is 11.5 Å². The maximum atomic E-state index is 12.8. The van der Waals surface area contributed by atoms with Crippen LogP contribution in [0.15, 0.2) is 30.3 Å². The molecule has 1 aromatic carbocycles. The predicted octanol–water partition coefficient (Wildman–Crippen LogP) is 2.55. The van der Waals surface area contributed by atoms with Gasteiger partial charge in [-0.15, -0.1) is 0 Å². The lowest BCUT2D eigenvalue weighted by molar-refractivity contribution is 0.0820. The molecule has 0 aliphatic carbocycles. The lowest BCUT2D eigenvalue weighted by Gasteiger charge is -2.24. The van der Waals surface area contributed by atoms with E-state index in [2.05, 4.69) is 15.9 Å². The fourth-order valence-electron chi connectivity index (χ4n) is 2.01. The molecule has 2 nitrogen and oxygen atoms in total. The second-order valence-corrected chi connectivity index (χ2v) is 8.99. The van der Waals surface area contributed by atoms with Crippen LogP contribution in [0.25, 0.3) is 0 Å². The first-order chi connectivity index (χ1) is 6.97. The number of aliphatic hydroxyl groups is 1. The van der Waals surface area contributed by atoms with Crippen LogP contribution >= 0.6 is 23.1 Å². The molecule has 3 atom stereocenters. The first-order valence-corrected chi connectivity index (χ1v) is 7.85. The standard InChI is InChI=1S/C11H14BrO2P/c1-11(13)7-8-15(14,10(11)12)9-5-3-2-4-6-9/h2-6,10,13H,7-8H2,1H3/t10-,11-,15-/m1/s1. The Morgan fingerprint density at radius 1 is 1.47 bits per heavy atom. The van der Waals surface area contributed by atoms with Gasteiger partial charge in [0.1, 0.15) is 11.7 Å². The van der Waals surface area contributed by atoms with E-state index in [1.165, 1.54) is 0 Å². The molecule has 0 spiro atoms. The molecule has 0 radical (unpaired) electrons. The van der Waals surface area contributed by atoms with Crippen LogP contribution in [0.1, 0.15) is 13.3 Å². The Balaban J connectivity index is 2.42. The smallest absolute Gasteiger partial charge is 0.131 e. The van der Waals surface area contributed by atoms with E-state index in [1.807, 2.05) is 30.3 Å². The molecule has 1 aliphatic heterocycles. The average molecular weight is 289 g/mol. The zero-order valence-electron chi connectivity index (χ0n) is 8.56. The Labute approximate surface area is 98.2 Å². The normalized spacial score (nSPS) is 40.6. The van der Waals surface area contributed by atoms with E-state index in [1.54, 1.807) is 6.92 Å². The lowest BCUT2D eigenvalue weighted by atomic mass is 10.1. The monoisotopic (exact) mass is 288 g/mol. The minimum Gasteiger partial charge on any atom is -0.388 e. The van der Waals surface area contributed by atoms with Crippen LogP contribution in [0, 0.1) is 0 Å². The zero-order chi connectivity index (χ0) is 11.1. The number of hydrogen-bond acceptors (Lipinski definition) is 2. The molecule has 15 heavy (non-hydrogen) atoms. The second kappa shape index (κ2) is 3.73. The molecule has 0 unspecified atom stereocenters. The molecule has 0 aromatic heterocycles. The molecule has 0 saturated carbocycles. The van der Waals surface area contributed by atoms with E-state index in [9.17, 15) is 9.67 Å². The Morgan fingerprint density at radius 2 is 2.07 bits per heavy atom. The minimum atomic E-state index is -2.47. The maximum absolute atomic E-state index is 12.8. The minimum absolute atomic E-state index is 0.320. The van der Waals surface area contributed by atoms with E-state index in [4.69, 9.17) is 0 Å². The third kappa shape index (κ3) is 1.82. The van der Waals surface area contributed by atoms with Gasteiger partial charge in [-0.1, -0.05) is 46.3 Å². The van der Waals surface area contributed by atoms with E-state index in [0.717, 1.165) is 5.30 Å². The second-order valence-electron chi connectivity index (χ2n) is 4.30. The molecule has 82 valence electrons. The average Bonchev–Trinajstić information content (AvgIpc) is 2.45. The van der Waals surface area contributed by atoms with Gasteiger partial charge in [0.2, 0.25) is 0 Å². The van der Waals surface area contributed by atoms with Gasteiger partial charge >= 0.3 is 0 Å². The van der Waals surface area contributed by atoms with E-state index in [0.29, 0.717) is 12.6 Å². The first kappa shape index (κ1) is 11.4. The molecule has 1 aliphatic rings. The van der Waals surface area contributed by atoms with Crippen molar-refractivity contribution in [2.45, 2.75) is 23.5 Å². The molecule has 2 rings (SSSR count). The Hall–Kier alpha value is -0.110. The third-order valence-corrected chi connectivity index (χ3v) is 9.34. The van der Waals surface area contributed by atoms with Gasteiger partial charge in [0.15, 0.2) is 0 Å². The molecular weight excluding hydrogens is 275 g/mol. The molecule has 1 fully saturated rings. The number of benzene rings is 1. The SMILES string of the molecule is C[C@@]1(O)CC[P@@](=O)(c2ccccc2)[C@H]1Br. The molecular formula is C11H14BrO2P. The first-order valence-electron chi connectivity index (χ1n) is 4.98. The van der Waals surface area contributed by atoms with Crippen LogP contribution in [0.4, 0.5) is 0 Å². The van der Waals surface area contributed by atoms with Crippen LogP contribution in [-0.4, -0.2) is 21.4 Å². The highest BCUT2D eigenvalue weighted by atomic mass is 79.9. The van der Waals surface area contributed by atoms with Crippen molar-refractivity contribution in [3.63, 3.8) is 0 Å². The zero-order valence-corrected chi connectivity index (χ0v) is 11.0. The van der Waals surface area contributed by atoms with Crippen molar-refractivity contribution in [2.24, 2.45) is 0 Å². The highest BCUT2D eigenvalue weighted by Gasteiger charge is 2.50. The molecule has 0 bridgehead atoms. The van der Waals surface area contributed by atoms with Crippen molar-refractivity contribution in [1.29, 1.82) is 0 Å². The third-order valence-electron chi connectivity index (χ3n) is 3.02. The highest BCUT2D eigenvalue weighted by Crippen LogP contribution is 2.62. The van der Waals surface area contributed by atoms with Gasteiger partial charge < -0.3 is 9.67 Å². The van der Waals surface area contributed by atoms with E-state index in [-0.39, 0.29) is 4.57 Å². The summed E-state index contributed by atoms with van der Waals surface area (Å²) in [6, 6.07) is 9.46. The molecule has 4 heteroatoms. The lowest BCUT2D eigenvalue weighted by Crippen LogP contribution is -2.30. The van der Waals surface area contributed by atoms with Crippen molar-refractivity contribution in [3.8, 4) is 0 Å². The number of rotatable bonds is 1. The summed E-state index contributed by atoms with van der Waals surface area (Å²) in [4.78, 5) is 0. The van der Waals surface area contributed by atoms with Crippen LogP contribution in [0.2, 0.25) is 0 Å². The van der Waals surface area contributed by atoms with E-state index >= 15 is 0 Å². The highest BCUT2D eigenvalue weighted by molar-refractivity contribution is 9.11. The summed E-state index contributed by atoms with van der Waals surface area (Å²) in [6.45, 7) is 1.75. The Bertz CT molecular complexity index is 402. The van der Waals surface area contributed by atoms with Gasteiger partial charge in [-0.05, 0) is 13.3 Å². The van der Waals surface area contributed by atoms with Gasteiger partial charge in [-0.3, -0.25) is 0 Å². The van der Waals surface area contributed by atoms with E-state index < -0.39 is 12.7 Å². The topological polar surface area (TPSA) is 37.3 Å². The van der Waals surface area contributed by atoms with Gasteiger partial charge in [-0.25, -0.2) is 0 Å². The Morgan fingerprint density at radius 3 is 2.53 bits per heavy atom. The fraction of sp³-hybridized carbons (Fsp3) is 0.455. The van der Waals surface area contributed by atoms with Gasteiger partial charge in [0.25, 0.3) is 0 Å². The summed E-state index contributed by atoms with van der Waals surface area (Å²) in [5.41, 5.74) is -0.856. The van der Waals surface area contributed by atoms with Crippen LogP contribution < -0.4 is 5.30 Å². The maximum Gasteiger partial charge on any atom is 0.131 e. The van der Waals surface area contributed by atoms with Gasteiger partial charge in [0.05, 0.1) is 5.60 Å². The summed E-state index contributed by atoms with van der Waals surface area (Å²) in [5.74, 6) is 0. The van der Waals surface area contributed by atoms with Crippen LogP contribution in [-0.2, 0) is 4.57 Å². The van der Waals surface area contributed by atoms with Crippen molar-refractivity contribution in [2.75, 3.05) is 6.16 Å². The van der Waals surface area contributed by atoms with Crippen molar-refractivity contribution in [3.05, 3.63) is 30.3 Å². The van der Waals surface area contributed by atoms with Crippen molar-refractivity contribution >= 4 is 28.4 Å². The summed E-state index contributed by atoms with van der Waals surface area (Å²) in [5, 5.41) is 10.9. The number of halogens is 1. The summed E-state index contributed by atoms with van der Waals surface area (Å²) >= 11 is 3.41. The van der Waals surface area contributed by atoms with Gasteiger partial charge in [-0.2, -0.15) is 0 Å². The Kier molecular flexibility index (Phi) is 2.83. The summed E-state index contributed by atoms with van der Waals surface area (Å²) < 4.78 is 12.4. The quantitative estimate of drug-likeness (QED) is 0.637. The summed E-state index contributed by atoms with van der Waals surface area (Å²) in [6.07, 6.45) is 1.18. The number of alkyl halides is 1. The molecule has 1 N–H and O–H groups in total. The molecule has 1 aromatic rings. The van der Waals surface area contributed by atoms with Crippen molar-refractivity contribution < 1.29 is 9.67 Å². The van der Waals surface area contributed by atoms with Crippen LogP contribution in [0.3, 0.4) is 0 Å². The molecule has 0 amide bonds. The molecule has 1 saturated heterocycles. The predicted molar refractivity (Wildman–Crippen MR) is 66.5 cm³/mol. The largest absolute Gasteiger partial charge is 0.388 e.